The predicted molar refractivity (Wildman–Crippen MR) is 102 cm³/mol. The van der Waals surface area contributed by atoms with Gasteiger partial charge in [-0.15, -0.1) is 0 Å². The third-order valence-electron chi connectivity index (χ3n) is 4.05. The normalized spacial score (nSPS) is 15.2. The summed E-state index contributed by atoms with van der Waals surface area (Å²) in [6, 6.07) is 9.59. The van der Waals surface area contributed by atoms with Gasteiger partial charge in [-0.2, -0.15) is 13.1 Å². The largest absolute Gasteiger partial charge is 0.465 e. The smallest absolute Gasteiger partial charge is 0.328 e. The number of rotatable bonds is 5. The first-order chi connectivity index (χ1) is 13.0. The summed E-state index contributed by atoms with van der Waals surface area (Å²) in [5, 5.41) is 2.65. The van der Waals surface area contributed by atoms with Gasteiger partial charge in [0, 0.05) is 18.2 Å². The van der Waals surface area contributed by atoms with Gasteiger partial charge in [-0.05, 0) is 55.7 Å². The number of hydrogen-bond donors (Lipinski definition) is 3. The van der Waals surface area contributed by atoms with Gasteiger partial charge in [0.25, 0.3) is 5.84 Å². The van der Waals surface area contributed by atoms with Gasteiger partial charge in [-0.3, -0.25) is 9.79 Å². The average Bonchev–Trinajstić information content (AvgIpc) is 3.04. The minimum absolute atomic E-state index is 0.0915. The number of hydrogen-bond acceptors (Lipinski definition) is 4. The minimum Gasteiger partial charge on any atom is -0.465 e. The van der Waals surface area contributed by atoms with Gasteiger partial charge in [0.05, 0.1) is 12.8 Å². The molecule has 0 atom stereocenters. The summed E-state index contributed by atoms with van der Waals surface area (Å²) < 4.78 is 33.0. The molecule has 3 N–H and O–H groups in total. The predicted octanol–water partition coefficient (Wildman–Crippen LogP) is 1.26. The Morgan fingerprint density at radius 1 is 1.15 bits per heavy atom. The molecular weight excluding hydrogens is 366 g/mol. The number of amidine groups is 1. The maximum absolute atomic E-state index is 12.6. The fourth-order valence-electron chi connectivity index (χ4n) is 2.71. The molecule has 0 fully saturated rings. The highest BCUT2D eigenvalue weighted by atomic mass is 32.2. The van der Waals surface area contributed by atoms with Crippen LogP contribution in [-0.2, 0) is 14.8 Å². The van der Waals surface area contributed by atoms with E-state index in [9.17, 15) is 13.2 Å². The lowest BCUT2D eigenvalue weighted by Crippen LogP contribution is -2.76. The number of anilines is 1. The van der Waals surface area contributed by atoms with Gasteiger partial charge in [-0.25, -0.2) is 0 Å². The molecule has 1 aromatic heterocycles. The van der Waals surface area contributed by atoms with Crippen molar-refractivity contribution in [3.63, 3.8) is 0 Å². The van der Waals surface area contributed by atoms with Crippen LogP contribution in [0.4, 0.5) is 5.69 Å². The highest BCUT2D eigenvalue weighted by Crippen LogP contribution is 2.16. The van der Waals surface area contributed by atoms with Crippen molar-refractivity contribution < 1.29 is 22.6 Å². The molecule has 1 aliphatic rings. The quantitative estimate of drug-likeness (QED) is 0.671. The molecule has 0 unspecified atom stereocenters. The Labute approximate surface area is 158 Å². The standard InChI is InChI=1S/C19H21N3O4S/c23-19(11-10-16-7-5-13-26-16)21-15-6-4-8-17(14-15)27(24,25)22-18-9-2-1-3-12-20-18/h4-8,10-11,13-14H,1-3,9,12H2,(H,20,22)(H,21,23)/p+1/b11-10+. The van der Waals surface area contributed by atoms with E-state index < -0.39 is 10.0 Å². The third-order valence-corrected chi connectivity index (χ3v) is 5.44. The summed E-state index contributed by atoms with van der Waals surface area (Å²) in [6.07, 6.45) is 8.09. The second-order valence-electron chi connectivity index (χ2n) is 6.19. The molecule has 0 radical (unpaired) electrons. The van der Waals surface area contributed by atoms with E-state index >= 15 is 0 Å². The number of benzene rings is 1. The number of furan rings is 1. The van der Waals surface area contributed by atoms with Gasteiger partial charge in [-0.1, -0.05) is 6.07 Å². The van der Waals surface area contributed by atoms with E-state index in [2.05, 4.69) is 15.0 Å². The number of nitrogens with one attached hydrogen (secondary N) is 3. The average molecular weight is 388 g/mol. The highest BCUT2D eigenvalue weighted by Gasteiger charge is 2.23. The Morgan fingerprint density at radius 2 is 2.04 bits per heavy atom. The van der Waals surface area contributed by atoms with Crippen molar-refractivity contribution in [3.8, 4) is 0 Å². The number of amides is 1. The molecule has 0 saturated carbocycles. The molecule has 8 heteroatoms. The Bertz CT molecular complexity index is 947. The van der Waals surface area contributed by atoms with Crippen LogP contribution in [0.15, 0.2) is 58.1 Å². The molecule has 0 saturated heterocycles. The molecule has 142 valence electrons. The van der Waals surface area contributed by atoms with Crippen LogP contribution in [0, 0.1) is 0 Å². The van der Waals surface area contributed by atoms with Gasteiger partial charge < -0.3 is 9.73 Å². The fourth-order valence-corrected chi connectivity index (χ4v) is 3.86. The maximum Gasteiger partial charge on any atom is 0.328 e. The minimum atomic E-state index is -3.72. The summed E-state index contributed by atoms with van der Waals surface area (Å²) in [7, 11) is -3.72. The Kier molecular flexibility index (Phi) is 6.08. The highest BCUT2D eigenvalue weighted by molar-refractivity contribution is 7.90. The zero-order valence-electron chi connectivity index (χ0n) is 14.8. The van der Waals surface area contributed by atoms with Crippen LogP contribution >= 0.6 is 0 Å². The van der Waals surface area contributed by atoms with Crippen LogP contribution in [-0.4, -0.2) is 26.7 Å². The van der Waals surface area contributed by atoms with Gasteiger partial charge in [0.15, 0.2) is 0 Å². The Morgan fingerprint density at radius 3 is 2.85 bits per heavy atom. The van der Waals surface area contributed by atoms with E-state index in [4.69, 9.17) is 4.42 Å². The Hall–Kier alpha value is -2.87. The van der Waals surface area contributed by atoms with Crippen LogP contribution in [0.5, 0.6) is 0 Å². The number of sulfonamides is 1. The number of carbonyl (C=O) groups is 1. The summed E-state index contributed by atoms with van der Waals surface area (Å²) in [5.41, 5.74) is 0.394. The molecule has 0 spiro atoms. The van der Waals surface area contributed by atoms with E-state index in [-0.39, 0.29) is 10.8 Å². The van der Waals surface area contributed by atoms with E-state index in [1.54, 1.807) is 24.3 Å². The summed E-state index contributed by atoms with van der Waals surface area (Å²) >= 11 is 0. The molecule has 1 amide bonds. The van der Waals surface area contributed by atoms with Crippen molar-refractivity contribution in [2.75, 3.05) is 11.9 Å². The fraction of sp³-hybridized carbons (Fsp3) is 0.263. The van der Waals surface area contributed by atoms with Gasteiger partial charge >= 0.3 is 10.0 Å². The zero-order chi connectivity index (χ0) is 19.1. The molecule has 1 aromatic carbocycles. The first kappa shape index (κ1) is 18.9. The maximum atomic E-state index is 12.6. The van der Waals surface area contributed by atoms with Crippen molar-refractivity contribution in [2.24, 2.45) is 0 Å². The van der Waals surface area contributed by atoms with E-state index in [0.29, 0.717) is 23.7 Å². The molecule has 2 aromatic rings. The van der Waals surface area contributed by atoms with Crippen LogP contribution in [0.25, 0.3) is 6.08 Å². The molecule has 2 heterocycles. The molecule has 0 aliphatic carbocycles. The molecule has 0 bridgehead atoms. The molecule has 3 rings (SSSR count). The van der Waals surface area contributed by atoms with Crippen LogP contribution < -0.4 is 15.0 Å². The SMILES string of the molecule is O=C(/C=C/c1ccco1)Nc1cccc(S(=O)(=O)NC2=[NH+]CCCCC2)c1. The van der Waals surface area contributed by atoms with Crippen molar-refractivity contribution in [3.05, 3.63) is 54.5 Å². The molecular formula is C19H22N3O4S+. The van der Waals surface area contributed by atoms with Crippen molar-refractivity contribution in [2.45, 2.75) is 30.6 Å². The molecule has 1 aliphatic heterocycles. The first-order valence-electron chi connectivity index (χ1n) is 8.78. The lowest BCUT2D eigenvalue weighted by Gasteiger charge is -2.06. The first-order valence-corrected chi connectivity index (χ1v) is 10.3. The van der Waals surface area contributed by atoms with Gasteiger partial charge in [0.2, 0.25) is 5.91 Å². The summed E-state index contributed by atoms with van der Waals surface area (Å²) in [4.78, 5) is 15.2. The van der Waals surface area contributed by atoms with Crippen LogP contribution in [0.3, 0.4) is 0 Å². The van der Waals surface area contributed by atoms with Gasteiger partial charge in [0.1, 0.15) is 10.7 Å². The molecule has 27 heavy (non-hydrogen) atoms. The van der Waals surface area contributed by atoms with Crippen LogP contribution in [0.1, 0.15) is 31.4 Å². The lowest BCUT2D eigenvalue weighted by molar-refractivity contribution is -0.459. The topological polar surface area (TPSA) is 102 Å². The summed E-state index contributed by atoms with van der Waals surface area (Å²) in [5.74, 6) is 0.788. The van der Waals surface area contributed by atoms with Crippen molar-refractivity contribution in [1.29, 1.82) is 0 Å². The second kappa shape index (κ2) is 8.68. The third kappa shape index (κ3) is 5.55. The van der Waals surface area contributed by atoms with Crippen molar-refractivity contribution in [1.82, 2.24) is 4.72 Å². The monoisotopic (exact) mass is 388 g/mol. The summed E-state index contributed by atoms with van der Waals surface area (Å²) in [6.45, 7) is 0.760. The molecule has 7 nitrogen and oxygen atoms in total. The zero-order valence-corrected chi connectivity index (χ0v) is 15.6. The van der Waals surface area contributed by atoms with Crippen LogP contribution in [0.2, 0.25) is 0 Å². The van der Waals surface area contributed by atoms with E-state index in [1.807, 2.05) is 0 Å². The van der Waals surface area contributed by atoms with E-state index in [1.165, 1.54) is 30.5 Å². The van der Waals surface area contributed by atoms with Crippen molar-refractivity contribution >= 4 is 33.5 Å². The lowest BCUT2D eigenvalue weighted by atomic mass is 10.2. The Balaban J connectivity index is 1.68. The second-order valence-corrected chi connectivity index (χ2v) is 7.87. The van der Waals surface area contributed by atoms with E-state index in [0.717, 1.165) is 25.8 Å². The number of carbonyl (C=O) groups excluding carboxylic acids is 1.